The number of H-pyrrole nitrogens is 1. The molecule has 31 heavy (non-hydrogen) atoms. The third-order valence-electron chi connectivity index (χ3n) is 8.77. The summed E-state index contributed by atoms with van der Waals surface area (Å²) in [5.41, 5.74) is 6.98. The van der Waals surface area contributed by atoms with E-state index in [1.54, 1.807) is 0 Å². The Morgan fingerprint density at radius 3 is 2.19 bits per heavy atom. The first-order valence-electron chi connectivity index (χ1n) is 12.2. The lowest BCUT2D eigenvalue weighted by atomic mass is 9.77. The molecular formula is C26H37N3OS. The average molecular weight is 440 g/mol. The van der Waals surface area contributed by atoms with E-state index in [0.717, 1.165) is 12.8 Å². The number of aromatic amines is 1. The van der Waals surface area contributed by atoms with Gasteiger partial charge in [0.15, 0.2) is 0 Å². The van der Waals surface area contributed by atoms with E-state index in [9.17, 15) is 4.21 Å². The van der Waals surface area contributed by atoms with Crippen molar-refractivity contribution in [1.82, 2.24) is 14.5 Å². The zero-order chi connectivity index (χ0) is 22.0. The molecule has 5 heteroatoms. The number of fused-ring (bicyclic) bond motifs is 7. The van der Waals surface area contributed by atoms with Crippen LogP contribution in [-0.4, -0.2) is 24.0 Å². The standard InChI is InChI=1S/C26H37N3OS/c1-17-14-21-22(15-18(17)2)26(5)23-16-27-28-24(23)19(3)25(21,4)29(26)31(30)20-12-10-8-6-7-9-11-13-20/h14-16,19-20H,6-13H2,1-5H3,(H,27,28). The summed E-state index contributed by atoms with van der Waals surface area (Å²) < 4.78 is 16.9. The van der Waals surface area contributed by atoms with Crippen molar-refractivity contribution >= 4 is 11.0 Å². The van der Waals surface area contributed by atoms with E-state index in [2.05, 4.69) is 61.3 Å². The van der Waals surface area contributed by atoms with Gasteiger partial charge >= 0.3 is 0 Å². The number of hydrogen-bond acceptors (Lipinski definition) is 2. The van der Waals surface area contributed by atoms with Crippen molar-refractivity contribution in [3.05, 3.63) is 51.8 Å². The Bertz CT molecular complexity index is 1020. The van der Waals surface area contributed by atoms with Crippen molar-refractivity contribution in [2.24, 2.45) is 0 Å². The van der Waals surface area contributed by atoms with Crippen LogP contribution in [0, 0.1) is 13.8 Å². The Morgan fingerprint density at radius 1 is 0.968 bits per heavy atom. The minimum atomic E-state index is -1.06. The lowest BCUT2D eigenvalue weighted by Gasteiger charge is -2.51. The van der Waals surface area contributed by atoms with Crippen LogP contribution in [0.2, 0.25) is 0 Å². The first kappa shape index (κ1) is 21.4. The van der Waals surface area contributed by atoms with Gasteiger partial charge in [0.25, 0.3) is 0 Å². The molecule has 0 saturated heterocycles. The minimum absolute atomic E-state index is 0.196. The number of benzene rings is 1. The second-order valence-corrected chi connectivity index (χ2v) is 12.1. The fourth-order valence-electron chi connectivity index (χ4n) is 6.59. The fraction of sp³-hybridized carbons (Fsp3) is 0.654. The van der Waals surface area contributed by atoms with E-state index < -0.39 is 16.5 Å². The largest absolute Gasteiger partial charge is 0.282 e. The first-order valence-corrected chi connectivity index (χ1v) is 13.3. The number of hydrogen-bond donors (Lipinski definition) is 1. The first-order chi connectivity index (χ1) is 14.8. The summed E-state index contributed by atoms with van der Waals surface area (Å²) in [7, 11) is -1.06. The van der Waals surface area contributed by atoms with Gasteiger partial charge in [0.2, 0.25) is 0 Å². The normalized spacial score (nSPS) is 32.6. The molecule has 5 rings (SSSR count). The SMILES string of the molecule is Cc1cc2c(cc1C)C1(C)C(C)c3[nH]ncc3C2(C)N1S(=O)C1CCCCCCCC1. The van der Waals surface area contributed by atoms with Gasteiger partial charge in [-0.1, -0.05) is 57.6 Å². The molecule has 1 aliphatic carbocycles. The molecule has 4 nitrogen and oxygen atoms in total. The summed E-state index contributed by atoms with van der Waals surface area (Å²) in [6, 6.07) is 4.73. The van der Waals surface area contributed by atoms with Crippen LogP contribution >= 0.6 is 0 Å². The predicted molar refractivity (Wildman–Crippen MR) is 127 cm³/mol. The Balaban J connectivity index is 1.68. The van der Waals surface area contributed by atoms with Crippen LogP contribution in [0.25, 0.3) is 0 Å². The molecule has 3 aliphatic rings. The second kappa shape index (κ2) is 7.55. The van der Waals surface area contributed by atoms with Gasteiger partial charge in [0.1, 0.15) is 0 Å². The maximum atomic E-state index is 14.5. The van der Waals surface area contributed by atoms with Gasteiger partial charge in [0, 0.05) is 22.4 Å². The zero-order valence-electron chi connectivity index (χ0n) is 19.8. The maximum absolute atomic E-state index is 14.5. The molecule has 168 valence electrons. The van der Waals surface area contributed by atoms with Gasteiger partial charge in [-0.15, -0.1) is 0 Å². The Hall–Kier alpha value is -1.46. The van der Waals surface area contributed by atoms with Crippen molar-refractivity contribution in [1.29, 1.82) is 0 Å². The van der Waals surface area contributed by atoms with Crippen LogP contribution in [0.15, 0.2) is 18.3 Å². The number of nitrogens with one attached hydrogen (secondary N) is 1. The molecule has 0 amide bonds. The molecule has 2 aliphatic heterocycles. The predicted octanol–water partition coefficient (Wildman–Crippen LogP) is 6.10. The zero-order valence-corrected chi connectivity index (χ0v) is 20.6. The molecule has 1 fully saturated rings. The molecule has 1 aromatic heterocycles. The van der Waals surface area contributed by atoms with Crippen molar-refractivity contribution in [3.8, 4) is 0 Å². The molecule has 1 N–H and O–H groups in total. The molecule has 3 heterocycles. The van der Waals surface area contributed by atoms with Crippen molar-refractivity contribution in [2.45, 2.75) is 108 Å². The van der Waals surface area contributed by atoms with Gasteiger partial charge in [0.05, 0.1) is 28.3 Å². The highest BCUT2D eigenvalue weighted by atomic mass is 32.2. The van der Waals surface area contributed by atoms with Gasteiger partial charge in [-0.25, -0.2) is 4.21 Å². The van der Waals surface area contributed by atoms with Gasteiger partial charge < -0.3 is 0 Å². The van der Waals surface area contributed by atoms with E-state index in [0.29, 0.717) is 0 Å². The molecule has 2 bridgehead atoms. The van der Waals surface area contributed by atoms with Gasteiger partial charge in [-0.2, -0.15) is 9.40 Å². The fourth-order valence-corrected chi connectivity index (χ4v) is 8.81. The lowest BCUT2D eigenvalue weighted by Crippen LogP contribution is -2.57. The van der Waals surface area contributed by atoms with E-state index in [1.807, 2.05) is 6.20 Å². The van der Waals surface area contributed by atoms with Crippen molar-refractivity contribution in [2.75, 3.05) is 0 Å². The summed E-state index contributed by atoms with van der Waals surface area (Å²) in [6.07, 6.45) is 11.8. The molecule has 1 aromatic carbocycles. The van der Waals surface area contributed by atoms with Crippen LogP contribution < -0.4 is 0 Å². The maximum Gasteiger partial charge on any atom is 0.0994 e. The number of nitrogens with zero attached hydrogens (tertiary/aromatic N) is 2. The molecular weight excluding hydrogens is 402 g/mol. The van der Waals surface area contributed by atoms with Crippen molar-refractivity contribution in [3.63, 3.8) is 0 Å². The Labute approximate surface area is 189 Å². The van der Waals surface area contributed by atoms with Gasteiger partial charge in [-0.3, -0.25) is 5.10 Å². The minimum Gasteiger partial charge on any atom is -0.282 e. The third-order valence-corrected chi connectivity index (χ3v) is 10.9. The monoisotopic (exact) mass is 439 g/mol. The number of aromatic nitrogens is 2. The smallest absolute Gasteiger partial charge is 0.0994 e. The topological polar surface area (TPSA) is 49.0 Å². The summed E-state index contributed by atoms with van der Waals surface area (Å²) >= 11 is 0. The second-order valence-electron chi connectivity index (χ2n) is 10.5. The lowest BCUT2D eigenvalue weighted by molar-refractivity contribution is 0.106. The third kappa shape index (κ3) is 2.88. The van der Waals surface area contributed by atoms with Gasteiger partial charge in [-0.05, 0) is 62.8 Å². The molecule has 2 aromatic rings. The molecule has 0 spiro atoms. The van der Waals surface area contributed by atoms with Crippen LogP contribution in [0.4, 0.5) is 0 Å². The summed E-state index contributed by atoms with van der Waals surface area (Å²) in [5.74, 6) is 0.196. The average Bonchev–Trinajstić information content (AvgIpc) is 3.32. The summed E-state index contributed by atoms with van der Waals surface area (Å²) in [4.78, 5) is 0. The van der Waals surface area contributed by atoms with Crippen LogP contribution in [-0.2, 0) is 22.1 Å². The van der Waals surface area contributed by atoms with Crippen LogP contribution in [0.5, 0.6) is 0 Å². The highest BCUT2D eigenvalue weighted by molar-refractivity contribution is 7.83. The highest BCUT2D eigenvalue weighted by Gasteiger charge is 2.64. The highest BCUT2D eigenvalue weighted by Crippen LogP contribution is 2.63. The number of rotatable bonds is 2. The van der Waals surface area contributed by atoms with Crippen molar-refractivity contribution < 1.29 is 4.21 Å². The van der Waals surface area contributed by atoms with Crippen LogP contribution in [0.3, 0.4) is 0 Å². The van der Waals surface area contributed by atoms with E-state index in [1.165, 1.54) is 72.0 Å². The molecule has 4 unspecified atom stereocenters. The Morgan fingerprint density at radius 2 is 1.55 bits per heavy atom. The quantitative estimate of drug-likeness (QED) is 0.614. The molecule has 0 radical (unpaired) electrons. The summed E-state index contributed by atoms with van der Waals surface area (Å²) in [6.45, 7) is 11.3. The summed E-state index contributed by atoms with van der Waals surface area (Å²) in [5, 5.41) is 8.01. The molecule has 1 saturated carbocycles. The number of aryl methyl sites for hydroxylation is 2. The van der Waals surface area contributed by atoms with Crippen LogP contribution in [0.1, 0.15) is 112 Å². The Kier molecular flexibility index (Phi) is 5.21. The van der Waals surface area contributed by atoms with E-state index in [-0.39, 0.29) is 16.7 Å². The van der Waals surface area contributed by atoms with E-state index in [4.69, 9.17) is 0 Å². The van der Waals surface area contributed by atoms with E-state index >= 15 is 0 Å². The molecule has 4 atom stereocenters.